The molecule has 0 aromatic heterocycles. The van der Waals surface area contributed by atoms with E-state index in [-0.39, 0.29) is 29.3 Å². The molecule has 0 bridgehead atoms. The van der Waals surface area contributed by atoms with Crippen LogP contribution in [0.5, 0.6) is 5.75 Å². The fourth-order valence-electron chi connectivity index (χ4n) is 1.28. The third-order valence-electron chi connectivity index (χ3n) is 2.14. The second-order valence-corrected chi connectivity index (χ2v) is 3.53. The van der Waals surface area contributed by atoms with Crippen LogP contribution in [0.2, 0.25) is 0 Å². The molecule has 1 N–H and O–H groups in total. The summed E-state index contributed by atoms with van der Waals surface area (Å²) in [7, 11) is 1.31. The molecule has 7 heteroatoms. The van der Waals surface area contributed by atoms with E-state index in [1.807, 2.05) is 0 Å². The number of hydrogen-bond donors (Lipinski definition) is 1. The first-order valence-electron chi connectivity index (χ1n) is 5.05. The molecule has 0 fully saturated rings. The van der Waals surface area contributed by atoms with E-state index in [1.54, 1.807) is 0 Å². The summed E-state index contributed by atoms with van der Waals surface area (Å²) in [5, 5.41) is 13.0. The lowest BCUT2D eigenvalue weighted by atomic mass is 10.1. The molecular formula is C11H12N2O5. The fraction of sp³-hybridized carbons (Fsp3) is 0.273. The molecule has 0 atom stereocenters. The standard InChI is InChI=1S/C11H12N2O5/c1-7(14)6-12-11(15)9-4-3-8(13(16)17)5-10(9)18-2/h3-5H,6H2,1-2H3,(H,12,15). The third kappa shape index (κ3) is 3.27. The van der Waals surface area contributed by atoms with Gasteiger partial charge >= 0.3 is 0 Å². The monoisotopic (exact) mass is 252 g/mol. The van der Waals surface area contributed by atoms with Crippen LogP contribution in [0.1, 0.15) is 17.3 Å². The second-order valence-electron chi connectivity index (χ2n) is 3.53. The quantitative estimate of drug-likeness (QED) is 0.620. The predicted octanol–water partition coefficient (Wildman–Crippen LogP) is 0.922. The van der Waals surface area contributed by atoms with Crippen LogP contribution in [0, 0.1) is 10.1 Å². The minimum Gasteiger partial charge on any atom is -0.496 e. The van der Waals surface area contributed by atoms with E-state index < -0.39 is 10.8 Å². The highest BCUT2D eigenvalue weighted by Crippen LogP contribution is 2.24. The van der Waals surface area contributed by atoms with Gasteiger partial charge in [0, 0.05) is 6.07 Å². The predicted molar refractivity (Wildman–Crippen MR) is 62.7 cm³/mol. The maximum absolute atomic E-state index is 11.7. The van der Waals surface area contributed by atoms with Crippen molar-refractivity contribution < 1.29 is 19.2 Å². The van der Waals surface area contributed by atoms with Gasteiger partial charge in [0.1, 0.15) is 11.5 Å². The van der Waals surface area contributed by atoms with Crippen LogP contribution in [0.4, 0.5) is 5.69 Å². The highest BCUT2D eigenvalue weighted by atomic mass is 16.6. The van der Waals surface area contributed by atoms with E-state index in [2.05, 4.69) is 5.32 Å². The highest BCUT2D eigenvalue weighted by molar-refractivity contribution is 5.99. The molecule has 0 aliphatic carbocycles. The van der Waals surface area contributed by atoms with E-state index >= 15 is 0 Å². The zero-order valence-electron chi connectivity index (χ0n) is 9.93. The number of nitro benzene ring substituents is 1. The van der Waals surface area contributed by atoms with Gasteiger partial charge in [-0.1, -0.05) is 0 Å². The Balaban J connectivity index is 2.98. The molecular weight excluding hydrogens is 240 g/mol. The number of non-ortho nitro benzene ring substituents is 1. The number of ketones is 1. The van der Waals surface area contributed by atoms with Crippen LogP contribution in [0.3, 0.4) is 0 Å². The normalized spacial score (nSPS) is 9.67. The van der Waals surface area contributed by atoms with Crippen molar-refractivity contribution in [2.45, 2.75) is 6.92 Å². The average molecular weight is 252 g/mol. The summed E-state index contributed by atoms with van der Waals surface area (Å²) >= 11 is 0. The molecule has 1 rings (SSSR count). The number of benzene rings is 1. The Bertz CT molecular complexity index is 498. The van der Waals surface area contributed by atoms with Crippen LogP contribution in [0.25, 0.3) is 0 Å². The van der Waals surface area contributed by atoms with Crippen LogP contribution in [0.15, 0.2) is 18.2 Å². The Morgan fingerprint density at radius 2 is 2.11 bits per heavy atom. The lowest BCUT2D eigenvalue weighted by molar-refractivity contribution is -0.384. The van der Waals surface area contributed by atoms with Crippen LogP contribution < -0.4 is 10.1 Å². The number of carbonyl (C=O) groups is 2. The molecule has 0 saturated heterocycles. The lowest BCUT2D eigenvalue weighted by Gasteiger charge is -2.08. The SMILES string of the molecule is COc1cc([N+](=O)[O-])ccc1C(=O)NCC(C)=O. The number of amides is 1. The van der Waals surface area contributed by atoms with Gasteiger partial charge < -0.3 is 10.1 Å². The molecule has 7 nitrogen and oxygen atoms in total. The Kier molecular flexibility index (Phi) is 4.36. The zero-order valence-corrected chi connectivity index (χ0v) is 9.93. The van der Waals surface area contributed by atoms with E-state index in [9.17, 15) is 19.7 Å². The Morgan fingerprint density at radius 3 is 2.61 bits per heavy atom. The maximum atomic E-state index is 11.7. The van der Waals surface area contributed by atoms with Gasteiger partial charge in [-0.15, -0.1) is 0 Å². The molecule has 1 aromatic rings. The number of carbonyl (C=O) groups excluding carboxylic acids is 2. The minimum absolute atomic E-state index is 0.0882. The van der Waals surface area contributed by atoms with Crippen molar-refractivity contribution in [3.05, 3.63) is 33.9 Å². The average Bonchev–Trinajstić information content (AvgIpc) is 2.34. The van der Waals surface area contributed by atoms with E-state index in [1.165, 1.54) is 26.2 Å². The van der Waals surface area contributed by atoms with E-state index in [4.69, 9.17) is 4.74 Å². The van der Waals surface area contributed by atoms with Crippen molar-refractivity contribution >= 4 is 17.4 Å². The number of nitro groups is 1. The Labute approximate surface area is 103 Å². The molecule has 1 aromatic carbocycles. The van der Waals surface area contributed by atoms with Crippen molar-refractivity contribution in [2.24, 2.45) is 0 Å². The van der Waals surface area contributed by atoms with Crippen molar-refractivity contribution in [2.75, 3.05) is 13.7 Å². The Morgan fingerprint density at radius 1 is 1.44 bits per heavy atom. The maximum Gasteiger partial charge on any atom is 0.273 e. The molecule has 0 spiro atoms. The number of rotatable bonds is 5. The third-order valence-corrected chi connectivity index (χ3v) is 2.14. The second kappa shape index (κ2) is 5.76. The van der Waals surface area contributed by atoms with Crippen molar-refractivity contribution in [3.63, 3.8) is 0 Å². The van der Waals surface area contributed by atoms with E-state index in [0.717, 1.165) is 6.07 Å². The number of nitrogens with one attached hydrogen (secondary N) is 1. The summed E-state index contributed by atoms with van der Waals surface area (Å²) in [6.45, 7) is 1.24. The van der Waals surface area contributed by atoms with Gasteiger partial charge in [0.05, 0.1) is 30.2 Å². The highest BCUT2D eigenvalue weighted by Gasteiger charge is 2.16. The fourth-order valence-corrected chi connectivity index (χ4v) is 1.28. The van der Waals surface area contributed by atoms with Gasteiger partial charge in [-0.05, 0) is 13.0 Å². The van der Waals surface area contributed by atoms with Gasteiger partial charge in [0.25, 0.3) is 11.6 Å². The molecule has 0 aliphatic rings. The van der Waals surface area contributed by atoms with Crippen LogP contribution in [-0.2, 0) is 4.79 Å². The summed E-state index contributed by atoms with van der Waals surface area (Å²) in [5.74, 6) is -0.619. The van der Waals surface area contributed by atoms with Crippen molar-refractivity contribution in [1.82, 2.24) is 5.32 Å². The largest absolute Gasteiger partial charge is 0.496 e. The summed E-state index contributed by atoms with van der Waals surface area (Å²) < 4.78 is 4.91. The molecule has 0 radical (unpaired) electrons. The number of methoxy groups -OCH3 is 1. The molecule has 0 aliphatic heterocycles. The first-order valence-corrected chi connectivity index (χ1v) is 5.05. The number of nitrogens with zero attached hydrogens (tertiary/aromatic N) is 1. The van der Waals surface area contributed by atoms with Crippen molar-refractivity contribution in [1.29, 1.82) is 0 Å². The van der Waals surface area contributed by atoms with Crippen molar-refractivity contribution in [3.8, 4) is 5.75 Å². The first-order chi connectivity index (χ1) is 8.45. The van der Waals surface area contributed by atoms with Gasteiger partial charge in [-0.3, -0.25) is 19.7 Å². The van der Waals surface area contributed by atoms with Gasteiger partial charge in [-0.2, -0.15) is 0 Å². The topological polar surface area (TPSA) is 98.5 Å². The molecule has 0 saturated carbocycles. The molecule has 18 heavy (non-hydrogen) atoms. The smallest absolute Gasteiger partial charge is 0.273 e. The molecule has 96 valence electrons. The van der Waals surface area contributed by atoms with Crippen LogP contribution >= 0.6 is 0 Å². The van der Waals surface area contributed by atoms with E-state index in [0.29, 0.717) is 0 Å². The molecule has 1 amide bonds. The van der Waals surface area contributed by atoms with Gasteiger partial charge in [0.15, 0.2) is 0 Å². The minimum atomic E-state index is -0.584. The summed E-state index contributed by atoms with van der Waals surface area (Å²) in [4.78, 5) is 32.4. The van der Waals surface area contributed by atoms with Gasteiger partial charge in [0.2, 0.25) is 0 Å². The summed E-state index contributed by atoms with van der Waals surface area (Å²) in [6, 6.07) is 3.64. The van der Waals surface area contributed by atoms with Crippen LogP contribution in [-0.4, -0.2) is 30.3 Å². The first kappa shape index (κ1) is 13.6. The van der Waals surface area contributed by atoms with Gasteiger partial charge in [-0.25, -0.2) is 0 Å². The number of hydrogen-bond acceptors (Lipinski definition) is 5. The Hall–Kier alpha value is -2.44. The zero-order chi connectivity index (χ0) is 13.7. The lowest BCUT2D eigenvalue weighted by Crippen LogP contribution is -2.28. The summed E-state index contributed by atoms with van der Waals surface area (Å²) in [6.07, 6.45) is 0. The number of Topliss-reactive ketones (excluding diaryl/α,β-unsaturated/α-hetero) is 1. The summed E-state index contributed by atoms with van der Waals surface area (Å²) in [5.41, 5.74) is -0.0284. The molecule has 0 heterocycles. The number of ether oxygens (including phenoxy) is 1. The molecule has 0 unspecified atom stereocenters.